The van der Waals surface area contributed by atoms with E-state index in [4.69, 9.17) is 4.74 Å². The molecule has 2 amide bonds. The van der Waals surface area contributed by atoms with Gasteiger partial charge in [-0.1, -0.05) is 31.2 Å². The third-order valence-electron chi connectivity index (χ3n) is 6.54. The number of amides is 2. The van der Waals surface area contributed by atoms with Gasteiger partial charge in [-0.25, -0.2) is 9.18 Å². The molecule has 2 aromatic carbocycles. The van der Waals surface area contributed by atoms with Gasteiger partial charge < -0.3 is 15.0 Å². The van der Waals surface area contributed by atoms with Crippen molar-refractivity contribution in [1.29, 1.82) is 0 Å². The predicted molar refractivity (Wildman–Crippen MR) is 107 cm³/mol. The fourth-order valence-corrected chi connectivity index (χ4v) is 4.57. The Bertz CT molecular complexity index is 840. The molecule has 0 radical (unpaired) electrons. The summed E-state index contributed by atoms with van der Waals surface area (Å²) in [5.41, 5.74) is 2.17. The van der Waals surface area contributed by atoms with E-state index in [1.807, 2.05) is 41.3 Å². The number of halogens is 1. The lowest BCUT2D eigenvalue weighted by Gasteiger charge is -2.43. The van der Waals surface area contributed by atoms with Gasteiger partial charge in [0, 0.05) is 13.1 Å². The molecule has 148 valence electrons. The summed E-state index contributed by atoms with van der Waals surface area (Å²) in [6.07, 6.45) is 3.84. The molecular weight excluding hydrogens is 355 g/mol. The highest BCUT2D eigenvalue weighted by molar-refractivity contribution is 5.78. The largest absolute Gasteiger partial charge is 0.497 e. The van der Waals surface area contributed by atoms with Gasteiger partial charge in [0.15, 0.2) is 0 Å². The molecule has 28 heavy (non-hydrogen) atoms. The molecule has 5 heteroatoms. The van der Waals surface area contributed by atoms with Crippen LogP contribution in [0.25, 0.3) is 0 Å². The smallest absolute Gasteiger partial charge is 0.318 e. The molecule has 2 aromatic rings. The highest BCUT2D eigenvalue weighted by Crippen LogP contribution is 2.44. The number of hydrogen-bond donors (Lipinski definition) is 1. The summed E-state index contributed by atoms with van der Waals surface area (Å²) in [5, 5.41) is 3.26. The van der Waals surface area contributed by atoms with Gasteiger partial charge >= 0.3 is 6.03 Å². The molecule has 0 bridgehead atoms. The van der Waals surface area contributed by atoms with Gasteiger partial charge in [0.05, 0.1) is 12.6 Å². The van der Waals surface area contributed by atoms with Crippen LogP contribution in [0.2, 0.25) is 0 Å². The van der Waals surface area contributed by atoms with Gasteiger partial charge in [-0.15, -0.1) is 0 Å². The average Bonchev–Trinajstić information content (AvgIpc) is 3.01. The third kappa shape index (κ3) is 3.58. The van der Waals surface area contributed by atoms with Crippen LogP contribution < -0.4 is 10.1 Å². The van der Waals surface area contributed by atoms with Crippen LogP contribution in [0, 0.1) is 5.82 Å². The molecular formula is C23H27FN2O2. The monoisotopic (exact) mass is 382 g/mol. The lowest BCUT2D eigenvalue weighted by Crippen LogP contribution is -2.49. The summed E-state index contributed by atoms with van der Waals surface area (Å²) < 4.78 is 18.5. The zero-order chi connectivity index (χ0) is 19.8. The SMILES string of the molecule is COc1ccc(CN2C[C@]3(CC[C@@](C)(c4ccc(F)cc4)CC3)NC2=O)cc1. The van der Waals surface area contributed by atoms with Gasteiger partial charge in [-0.3, -0.25) is 0 Å². The molecule has 0 aromatic heterocycles. The average molecular weight is 382 g/mol. The number of hydrogen-bond acceptors (Lipinski definition) is 2. The first kappa shape index (κ1) is 18.8. The first-order chi connectivity index (χ1) is 13.4. The molecule has 1 aliphatic heterocycles. The highest BCUT2D eigenvalue weighted by atomic mass is 19.1. The molecule has 1 saturated carbocycles. The molecule has 0 unspecified atom stereocenters. The van der Waals surface area contributed by atoms with Gasteiger partial charge in [0.25, 0.3) is 0 Å². The van der Waals surface area contributed by atoms with Crippen LogP contribution in [-0.2, 0) is 12.0 Å². The number of nitrogens with zero attached hydrogens (tertiary/aromatic N) is 1. The molecule has 0 atom stereocenters. The van der Waals surface area contributed by atoms with E-state index >= 15 is 0 Å². The van der Waals surface area contributed by atoms with Crippen LogP contribution in [0.3, 0.4) is 0 Å². The Hall–Kier alpha value is -2.56. The van der Waals surface area contributed by atoms with E-state index in [0.29, 0.717) is 6.54 Å². The van der Waals surface area contributed by atoms with Crippen molar-refractivity contribution in [2.45, 2.75) is 50.1 Å². The quantitative estimate of drug-likeness (QED) is 0.838. The standard InChI is InChI=1S/C23H27FN2O2/c1-22(18-5-7-19(24)8-6-18)11-13-23(14-12-22)16-26(21(27)25-23)15-17-3-9-20(28-2)10-4-17/h3-10H,11-16H2,1-2H3,(H,25,27)/t22-,23-. The third-order valence-corrected chi connectivity index (χ3v) is 6.54. The molecule has 1 saturated heterocycles. The van der Waals surface area contributed by atoms with Crippen molar-refractivity contribution >= 4 is 6.03 Å². The lowest BCUT2D eigenvalue weighted by atomic mass is 9.65. The number of carbonyl (C=O) groups excluding carboxylic acids is 1. The van der Waals surface area contributed by atoms with Crippen molar-refractivity contribution < 1.29 is 13.9 Å². The van der Waals surface area contributed by atoms with E-state index in [-0.39, 0.29) is 22.8 Å². The van der Waals surface area contributed by atoms with Gasteiger partial charge in [-0.2, -0.15) is 0 Å². The maximum absolute atomic E-state index is 13.3. The zero-order valence-electron chi connectivity index (χ0n) is 16.5. The zero-order valence-corrected chi connectivity index (χ0v) is 16.5. The summed E-state index contributed by atoms with van der Waals surface area (Å²) in [4.78, 5) is 14.5. The first-order valence-electron chi connectivity index (χ1n) is 9.88. The summed E-state index contributed by atoms with van der Waals surface area (Å²) >= 11 is 0. The molecule has 4 rings (SSSR count). The van der Waals surface area contributed by atoms with Crippen molar-refractivity contribution in [1.82, 2.24) is 10.2 Å². The second kappa shape index (κ2) is 7.12. The number of urea groups is 1. The second-order valence-corrected chi connectivity index (χ2v) is 8.48. The van der Waals surface area contributed by atoms with Crippen LogP contribution in [-0.4, -0.2) is 30.1 Å². The predicted octanol–water partition coefficient (Wildman–Crippen LogP) is 4.63. The number of carbonyl (C=O) groups is 1. The Morgan fingerprint density at radius 1 is 1.04 bits per heavy atom. The van der Waals surface area contributed by atoms with Gasteiger partial charge in [0.1, 0.15) is 11.6 Å². The summed E-state index contributed by atoms with van der Waals surface area (Å²) in [7, 11) is 1.65. The number of methoxy groups -OCH3 is 1. The van der Waals surface area contributed by atoms with Crippen molar-refractivity contribution in [3.05, 3.63) is 65.5 Å². The number of nitrogens with one attached hydrogen (secondary N) is 1. The van der Waals surface area contributed by atoms with E-state index in [2.05, 4.69) is 12.2 Å². The van der Waals surface area contributed by atoms with Crippen LogP contribution in [0.1, 0.15) is 43.7 Å². The Morgan fingerprint density at radius 2 is 1.68 bits per heavy atom. The normalized spacial score (nSPS) is 27.1. The molecule has 1 aliphatic carbocycles. The van der Waals surface area contributed by atoms with Crippen LogP contribution in [0.5, 0.6) is 5.75 Å². The maximum atomic E-state index is 13.3. The van der Waals surface area contributed by atoms with Crippen LogP contribution in [0.15, 0.2) is 48.5 Å². The molecule has 1 heterocycles. The first-order valence-corrected chi connectivity index (χ1v) is 9.88. The number of rotatable bonds is 4. The van der Waals surface area contributed by atoms with E-state index in [0.717, 1.165) is 43.5 Å². The Kier molecular flexibility index (Phi) is 4.77. The molecule has 1 spiro atoms. The van der Waals surface area contributed by atoms with Crippen molar-refractivity contribution in [2.75, 3.05) is 13.7 Å². The van der Waals surface area contributed by atoms with Gasteiger partial charge in [-0.05, 0) is 66.5 Å². The van der Waals surface area contributed by atoms with E-state index in [9.17, 15) is 9.18 Å². The van der Waals surface area contributed by atoms with Crippen molar-refractivity contribution in [2.24, 2.45) is 0 Å². The Labute approximate surface area is 165 Å². The van der Waals surface area contributed by atoms with E-state index < -0.39 is 0 Å². The maximum Gasteiger partial charge on any atom is 0.318 e. The number of ether oxygens (including phenoxy) is 1. The van der Waals surface area contributed by atoms with Crippen molar-refractivity contribution in [3.8, 4) is 5.75 Å². The van der Waals surface area contributed by atoms with Crippen LogP contribution in [0.4, 0.5) is 9.18 Å². The Balaban J connectivity index is 1.41. The minimum absolute atomic E-state index is 0.0150. The van der Waals surface area contributed by atoms with Gasteiger partial charge in [0.2, 0.25) is 0 Å². The molecule has 1 N–H and O–H groups in total. The minimum atomic E-state index is -0.197. The summed E-state index contributed by atoms with van der Waals surface area (Å²) in [6.45, 7) is 3.59. The lowest BCUT2D eigenvalue weighted by molar-refractivity contribution is 0.189. The van der Waals surface area contributed by atoms with Crippen molar-refractivity contribution in [3.63, 3.8) is 0 Å². The highest BCUT2D eigenvalue weighted by Gasteiger charge is 2.47. The number of benzene rings is 2. The molecule has 2 aliphatic rings. The molecule has 2 fully saturated rings. The van der Waals surface area contributed by atoms with E-state index in [1.54, 1.807) is 19.2 Å². The minimum Gasteiger partial charge on any atom is -0.497 e. The topological polar surface area (TPSA) is 41.6 Å². The fraction of sp³-hybridized carbons (Fsp3) is 0.435. The van der Waals surface area contributed by atoms with E-state index in [1.165, 1.54) is 5.56 Å². The Morgan fingerprint density at radius 3 is 2.29 bits per heavy atom. The molecule has 4 nitrogen and oxygen atoms in total. The van der Waals surface area contributed by atoms with Crippen LogP contribution >= 0.6 is 0 Å². The fourth-order valence-electron chi connectivity index (χ4n) is 4.57. The summed E-state index contributed by atoms with van der Waals surface area (Å²) in [6, 6.07) is 14.8. The summed E-state index contributed by atoms with van der Waals surface area (Å²) in [5.74, 6) is 0.621. The second-order valence-electron chi connectivity index (χ2n) is 8.48.